The Morgan fingerprint density at radius 2 is 2.13 bits per heavy atom. The standard InChI is InChI=1S/C21H20ClF2N3O4/c1-21(24)6-5-11(14(23)18(21)22)8-25-19(30)13-10-27-12-4-2-3-7-26(9-12)20(31)15(27)17(29)16(13)28/h2-3,5,10,12,29H,4,6-9H2,1H3,(H,25,30)/t12-,21?/m0/s1. The number of carbonyl (C=O) groups excluding carboxylic acids is 2. The Kier molecular flexibility index (Phi) is 5.25. The molecule has 1 unspecified atom stereocenters. The highest BCUT2D eigenvalue weighted by Gasteiger charge is 2.36. The summed E-state index contributed by atoms with van der Waals surface area (Å²) >= 11 is 5.74. The molecule has 0 aromatic carbocycles. The van der Waals surface area contributed by atoms with Gasteiger partial charge in [0.1, 0.15) is 17.1 Å². The van der Waals surface area contributed by atoms with E-state index in [1.807, 2.05) is 12.2 Å². The highest BCUT2D eigenvalue weighted by molar-refractivity contribution is 6.31. The smallest absolute Gasteiger partial charge is 0.274 e. The van der Waals surface area contributed by atoms with Crippen LogP contribution in [0.5, 0.6) is 5.75 Å². The first kappa shape index (κ1) is 21.3. The lowest BCUT2D eigenvalue weighted by Gasteiger charge is -2.34. The average molecular weight is 452 g/mol. The molecule has 3 aliphatic rings. The van der Waals surface area contributed by atoms with Gasteiger partial charge in [0, 0.05) is 37.8 Å². The lowest BCUT2D eigenvalue weighted by atomic mass is 9.94. The average Bonchev–Trinajstić information content (AvgIpc) is 2.96. The van der Waals surface area contributed by atoms with Gasteiger partial charge >= 0.3 is 0 Å². The maximum absolute atomic E-state index is 14.3. The molecule has 1 aromatic heterocycles. The third kappa shape index (κ3) is 3.56. The molecular formula is C21H20ClF2N3O4. The molecule has 2 amide bonds. The molecule has 10 heteroatoms. The van der Waals surface area contributed by atoms with Gasteiger partial charge in [0.05, 0.1) is 11.1 Å². The molecule has 2 aliphatic heterocycles. The van der Waals surface area contributed by atoms with Crippen LogP contribution in [0, 0.1) is 0 Å². The van der Waals surface area contributed by atoms with Crippen LogP contribution >= 0.6 is 11.6 Å². The highest BCUT2D eigenvalue weighted by atomic mass is 35.5. The molecule has 4 rings (SSSR count). The number of carbonyl (C=O) groups is 2. The maximum atomic E-state index is 14.3. The van der Waals surface area contributed by atoms with Crippen molar-refractivity contribution in [3.05, 3.63) is 62.3 Å². The van der Waals surface area contributed by atoms with Crippen LogP contribution in [0.2, 0.25) is 0 Å². The van der Waals surface area contributed by atoms with Crippen molar-refractivity contribution in [3.63, 3.8) is 0 Å². The van der Waals surface area contributed by atoms with Gasteiger partial charge in [-0.3, -0.25) is 14.4 Å². The van der Waals surface area contributed by atoms with Crippen LogP contribution in [0.4, 0.5) is 8.78 Å². The van der Waals surface area contributed by atoms with Crippen molar-refractivity contribution in [2.45, 2.75) is 31.5 Å². The quantitative estimate of drug-likeness (QED) is 0.691. The molecule has 0 saturated heterocycles. The number of hydrogen-bond acceptors (Lipinski definition) is 4. The molecule has 2 bridgehead atoms. The van der Waals surface area contributed by atoms with E-state index in [9.17, 15) is 28.3 Å². The second-order valence-corrected chi connectivity index (χ2v) is 8.37. The van der Waals surface area contributed by atoms with Gasteiger partial charge in [-0.2, -0.15) is 0 Å². The first-order valence-corrected chi connectivity index (χ1v) is 10.1. The van der Waals surface area contributed by atoms with Crippen LogP contribution in [0.25, 0.3) is 0 Å². The SMILES string of the molecule is CC1(F)CC=C(CNC(=O)c2cn3c(c(O)c2=O)C(=O)N2CC=CC[C@H]3C2)C(F)=C1Cl. The number of amides is 2. The fourth-order valence-electron chi connectivity index (χ4n) is 3.94. The Balaban J connectivity index is 1.62. The fraction of sp³-hybridized carbons (Fsp3) is 0.381. The Bertz CT molecular complexity index is 1140. The first-order valence-electron chi connectivity index (χ1n) is 9.76. The van der Waals surface area contributed by atoms with Crippen LogP contribution < -0.4 is 10.7 Å². The predicted molar refractivity (Wildman–Crippen MR) is 110 cm³/mol. The largest absolute Gasteiger partial charge is 0.503 e. The Hall–Kier alpha value is -2.94. The van der Waals surface area contributed by atoms with Crippen molar-refractivity contribution < 1.29 is 23.5 Å². The molecule has 2 atom stereocenters. The van der Waals surface area contributed by atoms with E-state index >= 15 is 0 Å². The van der Waals surface area contributed by atoms with Crippen molar-refractivity contribution in [1.29, 1.82) is 0 Å². The summed E-state index contributed by atoms with van der Waals surface area (Å²) in [4.78, 5) is 39.5. The van der Waals surface area contributed by atoms with Gasteiger partial charge in [-0.25, -0.2) is 8.78 Å². The van der Waals surface area contributed by atoms with Gasteiger partial charge in [-0.15, -0.1) is 0 Å². The number of allylic oxidation sites excluding steroid dienone is 3. The molecule has 2 N–H and O–H groups in total. The summed E-state index contributed by atoms with van der Waals surface area (Å²) < 4.78 is 29.9. The van der Waals surface area contributed by atoms with Gasteiger partial charge in [-0.1, -0.05) is 29.8 Å². The van der Waals surface area contributed by atoms with Crippen molar-refractivity contribution in [2.75, 3.05) is 19.6 Å². The number of fused-ring (bicyclic) bond motifs is 4. The molecule has 0 spiro atoms. The number of rotatable bonds is 3. The van der Waals surface area contributed by atoms with Gasteiger partial charge in [-0.05, 0) is 13.3 Å². The third-order valence-electron chi connectivity index (χ3n) is 5.77. The normalized spacial score (nSPS) is 25.2. The van der Waals surface area contributed by atoms with Gasteiger partial charge in [0.25, 0.3) is 11.8 Å². The first-order chi connectivity index (χ1) is 14.6. The summed E-state index contributed by atoms with van der Waals surface area (Å²) in [5.74, 6) is -3.10. The summed E-state index contributed by atoms with van der Waals surface area (Å²) in [5.41, 5.74) is -3.55. The molecule has 1 aromatic rings. The van der Waals surface area contributed by atoms with E-state index in [1.54, 1.807) is 0 Å². The van der Waals surface area contributed by atoms with Crippen LogP contribution in [-0.2, 0) is 0 Å². The molecule has 7 nitrogen and oxygen atoms in total. The third-order valence-corrected chi connectivity index (χ3v) is 6.33. The van der Waals surface area contributed by atoms with Crippen LogP contribution in [0.3, 0.4) is 0 Å². The second kappa shape index (κ2) is 7.64. The minimum absolute atomic E-state index is 0.00418. The predicted octanol–water partition coefficient (Wildman–Crippen LogP) is 2.72. The monoisotopic (exact) mass is 451 g/mol. The van der Waals surface area contributed by atoms with E-state index in [1.165, 1.54) is 21.7 Å². The van der Waals surface area contributed by atoms with Crippen LogP contribution in [-0.4, -0.2) is 51.7 Å². The number of aromatic nitrogens is 1. The number of halogens is 3. The maximum Gasteiger partial charge on any atom is 0.274 e. The van der Waals surface area contributed by atoms with E-state index in [2.05, 4.69) is 5.32 Å². The van der Waals surface area contributed by atoms with E-state index in [0.29, 0.717) is 19.5 Å². The molecule has 0 radical (unpaired) electrons. The molecule has 0 fully saturated rings. The molecule has 1 aliphatic carbocycles. The van der Waals surface area contributed by atoms with Crippen molar-refractivity contribution in [2.24, 2.45) is 0 Å². The minimum Gasteiger partial charge on any atom is -0.503 e. The lowest BCUT2D eigenvalue weighted by molar-refractivity contribution is 0.0688. The Labute approximate surface area is 181 Å². The fourth-order valence-corrected chi connectivity index (χ4v) is 4.14. The van der Waals surface area contributed by atoms with Gasteiger partial charge < -0.3 is 19.9 Å². The Morgan fingerprint density at radius 1 is 1.39 bits per heavy atom. The molecular weight excluding hydrogens is 432 g/mol. The zero-order chi connectivity index (χ0) is 22.5. The topological polar surface area (TPSA) is 91.6 Å². The highest BCUT2D eigenvalue weighted by Crippen LogP contribution is 2.39. The number of nitrogens with one attached hydrogen (secondary N) is 1. The number of hydrogen-bond donors (Lipinski definition) is 2. The van der Waals surface area contributed by atoms with Crippen LogP contribution in [0.1, 0.15) is 46.7 Å². The number of aromatic hydroxyl groups is 1. The molecule has 3 heterocycles. The molecule has 31 heavy (non-hydrogen) atoms. The van der Waals surface area contributed by atoms with E-state index in [4.69, 9.17) is 11.6 Å². The van der Waals surface area contributed by atoms with Crippen molar-refractivity contribution in [1.82, 2.24) is 14.8 Å². The number of alkyl halides is 1. The zero-order valence-electron chi connectivity index (χ0n) is 16.6. The summed E-state index contributed by atoms with van der Waals surface area (Å²) in [7, 11) is 0. The van der Waals surface area contributed by atoms with Gasteiger partial charge in [0.2, 0.25) is 5.43 Å². The lowest BCUT2D eigenvalue weighted by Crippen LogP contribution is -2.44. The number of pyridine rings is 1. The summed E-state index contributed by atoms with van der Waals surface area (Å²) in [5, 5.41) is 12.3. The van der Waals surface area contributed by atoms with E-state index in [-0.39, 0.29) is 35.8 Å². The van der Waals surface area contributed by atoms with Gasteiger partial charge in [0.15, 0.2) is 11.4 Å². The zero-order valence-corrected chi connectivity index (χ0v) is 17.4. The Morgan fingerprint density at radius 3 is 2.87 bits per heavy atom. The molecule has 0 saturated carbocycles. The molecule has 164 valence electrons. The summed E-state index contributed by atoms with van der Waals surface area (Å²) in [6, 6.07) is -0.244. The van der Waals surface area contributed by atoms with Crippen molar-refractivity contribution in [3.8, 4) is 5.75 Å². The number of nitrogens with zero attached hydrogens (tertiary/aromatic N) is 2. The van der Waals surface area contributed by atoms with E-state index < -0.39 is 39.5 Å². The van der Waals surface area contributed by atoms with E-state index in [0.717, 1.165) is 6.92 Å². The van der Waals surface area contributed by atoms with Crippen LogP contribution in [0.15, 0.2) is 45.7 Å². The minimum atomic E-state index is -2.02. The summed E-state index contributed by atoms with van der Waals surface area (Å²) in [6.45, 7) is 1.59. The van der Waals surface area contributed by atoms with Crippen molar-refractivity contribution >= 4 is 23.4 Å². The summed E-state index contributed by atoms with van der Waals surface area (Å²) in [6.07, 6.45) is 6.68. The second-order valence-electron chi connectivity index (χ2n) is 7.99.